The molecule has 0 radical (unpaired) electrons. The fourth-order valence-electron chi connectivity index (χ4n) is 8.62. The average molecular weight is 507 g/mol. The van der Waals surface area contributed by atoms with E-state index in [1.165, 1.54) is 13.3 Å². The number of hydrogen-bond donors (Lipinski definition) is 0. The standard InChI is InChI=1S/C29H50O5Si/c1-18(30)32-25-17-21-22-10-11-26(33-19(2)31)29(22,7)15-13-23(21)28(6)14-12-20(16-24(25)28)34-35(8,9)27(3,4)5/h20-26H,10-17H2,1-9H3/t20-,21-,22-,23-,24+,25-,26-,28+,29-/m0/s1. The zero-order valence-electron chi connectivity index (χ0n) is 23.7. The maximum absolute atomic E-state index is 12.3. The van der Waals surface area contributed by atoms with Crippen LogP contribution in [-0.2, 0) is 23.5 Å². The van der Waals surface area contributed by atoms with Crippen molar-refractivity contribution in [3.63, 3.8) is 0 Å². The van der Waals surface area contributed by atoms with Gasteiger partial charge in [0.05, 0.1) is 0 Å². The molecule has 6 heteroatoms. The van der Waals surface area contributed by atoms with Gasteiger partial charge in [0.1, 0.15) is 12.2 Å². The number of carbonyl (C=O) groups is 2. The van der Waals surface area contributed by atoms with E-state index >= 15 is 0 Å². The molecule has 0 spiro atoms. The topological polar surface area (TPSA) is 61.8 Å². The monoisotopic (exact) mass is 506 g/mol. The van der Waals surface area contributed by atoms with Gasteiger partial charge in [-0.25, -0.2) is 0 Å². The first-order valence-electron chi connectivity index (χ1n) is 14.1. The molecule has 0 N–H and O–H groups in total. The third kappa shape index (κ3) is 4.76. The van der Waals surface area contributed by atoms with Gasteiger partial charge in [0, 0.05) is 31.3 Å². The van der Waals surface area contributed by atoms with Crippen molar-refractivity contribution in [2.24, 2.45) is 34.5 Å². The number of esters is 2. The summed E-state index contributed by atoms with van der Waals surface area (Å²) >= 11 is 0. The molecule has 4 saturated carbocycles. The van der Waals surface area contributed by atoms with Crippen LogP contribution in [0, 0.1) is 34.5 Å². The van der Waals surface area contributed by atoms with Crippen molar-refractivity contribution in [2.45, 2.75) is 136 Å². The first-order valence-corrected chi connectivity index (χ1v) is 17.0. The van der Waals surface area contributed by atoms with E-state index in [2.05, 4.69) is 47.7 Å². The molecule has 0 unspecified atom stereocenters. The van der Waals surface area contributed by atoms with E-state index in [4.69, 9.17) is 13.9 Å². The van der Waals surface area contributed by atoms with Gasteiger partial charge in [0.2, 0.25) is 0 Å². The maximum atomic E-state index is 12.3. The Bertz CT molecular complexity index is 833. The highest BCUT2D eigenvalue weighted by molar-refractivity contribution is 6.74. The summed E-state index contributed by atoms with van der Waals surface area (Å²) in [7, 11) is -1.86. The van der Waals surface area contributed by atoms with Crippen LogP contribution in [0.5, 0.6) is 0 Å². The van der Waals surface area contributed by atoms with Crippen LogP contribution in [0.4, 0.5) is 0 Å². The number of ether oxygens (including phenoxy) is 2. The third-order valence-electron chi connectivity index (χ3n) is 11.4. The molecular formula is C29H50O5Si. The largest absolute Gasteiger partial charge is 0.462 e. The van der Waals surface area contributed by atoms with Crippen LogP contribution >= 0.6 is 0 Å². The fourth-order valence-corrected chi connectivity index (χ4v) is 10.0. The molecule has 0 aromatic rings. The maximum Gasteiger partial charge on any atom is 0.302 e. The minimum atomic E-state index is -1.86. The summed E-state index contributed by atoms with van der Waals surface area (Å²) in [4.78, 5) is 24.1. The normalized spacial score (nSPS) is 43.5. The van der Waals surface area contributed by atoms with Crippen molar-refractivity contribution in [1.82, 2.24) is 0 Å². The number of fused-ring (bicyclic) bond motifs is 5. The Kier molecular flexibility index (Phi) is 7.10. The molecule has 0 aromatic heterocycles. The Hall–Kier alpha value is -0.883. The minimum Gasteiger partial charge on any atom is -0.462 e. The molecule has 0 heterocycles. The molecule has 4 fully saturated rings. The fraction of sp³-hybridized carbons (Fsp3) is 0.931. The van der Waals surface area contributed by atoms with Crippen molar-refractivity contribution in [3.8, 4) is 0 Å². The van der Waals surface area contributed by atoms with Crippen LogP contribution in [0.2, 0.25) is 18.1 Å². The van der Waals surface area contributed by atoms with Crippen molar-refractivity contribution in [3.05, 3.63) is 0 Å². The Morgan fingerprint density at radius 3 is 2.00 bits per heavy atom. The third-order valence-corrected chi connectivity index (χ3v) is 15.9. The van der Waals surface area contributed by atoms with Gasteiger partial charge in [0.25, 0.3) is 0 Å². The predicted molar refractivity (Wildman–Crippen MR) is 140 cm³/mol. The predicted octanol–water partition coefficient (Wildman–Crippen LogP) is 6.89. The first-order chi connectivity index (χ1) is 16.1. The Balaban J connectivity index is 1.59. The van der Waals surface area contributed by atoms with Gasteiger partial charge in [-0.1, -0.05) is 34.6 Å². The van der Waals surface area contributed by atoms with E-state index in [0.717, 1.165) is 44.9 Å². The van der Waals surface area contributed by atoms with Crippen LogP contribution in [0.1, 0.15) is 99.8 Å². The van der Waals surface area contributed by atoms with Crippen LogP contribution in [0.25, 0.3) is 0 Å². The molecule has 0 aliphatic heterocycles. The summed E-state index contributed by atoms with van der Waals surface area (Å²) in [5, 5.41) is 0.190. The lowest BCUT2D eigenvalue weighted by Crippen LogP contribution is -2.60. The summed E-state index contributed by atoms with van der Waals surface area (Å²) in [6.45, 7) is 19.6. The molecule has 5 nitrogen and oxygen atoms in total. The molecule has 9 atom stereocenters. The molecule has 0 amide bonds. The van der Waals surface area contributed by atoms with E-state index in [9.17, 15) is 9.59 Å². The molecule has 4 aliphatic rings. The van der Waals surface area contributed by atoms with Crippen molar-refractivity contribution < 1.29 is 23.5 Å². The molecule has 35 heavy (non-hydrogen) atoms. The van der Waals surface area contributed by atoms with E-state index in [-0.39, 0.29) is 46.1 Å². The van der Waals surface area contributed by atoms with Crippen molar-refractivity contribution in [1.29, 1.82) is 0 Å². The Morgan fingerprint density at radius 1 is 0.800 bits per heavy atom. The van der Waals surface area contributed by atoms with Gasteiger partial charge in [-0.2, -0.15) is 0 Å². The number of hydrogen-bond acceptors (Lipinski definition) is 5. The highest BCUT2D eigenvalue weighted by atomic mass is 28.4. The van der Waals surface area contributed by atoms with Crippen molar-refractivity contribution in [2.75, 3.05) is 0 Å². The van der Waals surface area contributed by atoms with Gasteiger partial charge < -0.3 is 13.9 Å². The molecule has 0 bridgehead atoms. The summed E-state index contributed by atoms with van der Waals surface area (Å²) in [6.07, 6.45) is 8.83. The number of carbonyl (C=O) groups excluding carboxylic acids is 2. The van der Waals surface area contributed by atoms with E-state index in [1.807, 2.05) is 0 Å². The summed E-state index contributed by atoms with van der Waals surface area (Å²) in [6, 6.07) is 0. The summed E-state index contributed by atoms with van der Waals surface area (Å²) < 4.78 is 18.9. The summed E-state index contributed by atoms with van der Waals surface area (Å²) in [5.41, 5.74) is 0.205. The zero-order valence-corrected chi connectivity index (χ0v) is 24.7. The van der Waals surface area contributed by atoms with Crippen LogP contribution in [-0.4, -0.2) is 38.6 Å². The molecular weight excluding hydrogens is 456 g/mol. The SMILES string of the molecule is CC(=O)O[C@H]1C[C@@H]2[C@H](CC[C@]3(C)[C@@H](OC(C)=O)CC[C@@H]23)[C@@]2(C)CC[C@H](O[Si](C)(C)C(C)(C)C)C[C@H]12. The highest BCUT2D eigenvalue weighted by Gasteiger charge is 2.63. The number of rotatable bonds is 4. The molecule has 200 valence electrons. The summed E-state index contributed by atoms with van der Waals surface area (Å²) in [5.74, 6) is 1.73. The van der Waals surface area contributed by atoms with Crippen LogP contribution in [0.15, 0.2) is 0 Å². The second-order valence-electron chi connectivity index (χ2n) is 14.4. The molecule has 4 aliphatic carbocycles. The van der Waals surface area contributed by atoms with E-state index in [0.29, 0.717) is 23.7 Å². The smallest absolute Gasteiger partial charge is 0.302 e. The molecule has 0 saturated heterocycles. The Morgan fingerprint density at radius 2 is 1.40 bits per heavy atom. The van der Waals surface area contributed by atoms with Gasteiger partial charge >= 0.3 is 11.9 Å². The van der Waals surface area contributed by atoms with E-state index in [1.54, 1.807) is 6.92 Å². The van der Waals surface area contributed by atoms with Crippen LogP contribution < -0.4 is 0 Å². The van der Waals surface area contributed by atoms with E-state index < -0.39 is 8.32 Å². The Labute approximate surface area is 214 Å². The van der Waals surface area contributed by atoms with Gasteiger partial charge in [-0.15, -0.1) is 0 Å². The van der Waals surface area contributed by atoms with Gasteiger partial charge in [-0.05, 0) is 92.7 Å². The second-order valence-corrected chi connectivity index (χ2v) is 19.1. The zero-order chi connectivity index (χ0) is 26.0. The minimum absolute atomic E-state index is 0.0254. The lowest BCUT2D eigenvalue weighted by Gasteiger charge is -2.62. The lowest BCUT2D eigenvalue weighted by atomic mass is 9.44. The highest BCUT2D eigenvalue weighted by Crippen LogP contribution is 2.67. The van der Waals surface area contributed by atoms with Crippen LogP contribution in [0.3, 0.4) is 0 Å². The quantitative estimate of drug-likeness (QED) is 0.307. The van der Waals surface area contributed by atoms with Crippen molar-refractivity contribution >= 4 is 20.3 Å². The molecule has 0 aromatic carbocycles. The van der Waals surface area contributed by atoms with Gasteiger partial charge in [-0.3, -0.25) is 9.59 Å². The first kappa shape index (κ1) is 27.2. The molecule has 4 rings (SSSR count). The van der Waals surface area contributed by atoms with Gasteiger partial charge in [0.15, 0.2) is 8.32 Å². The lowest BCUT2D eigenvalue weighted by molar-refractivity contribution is -0.195. The second kappa shape index (κ2) is 9.15. The average Bonchev–Trinajstić information content (AvgIpc) is 3.03.